The number of esters is 1. The Hall–Kier alpha value is -3.92. The summed E-state index contributed by atoms with van der Waals surface area (Å²) in [6, 6.07) is 11.2. The molecular formula is C25H26N4O6. The second kappa shape index (κ2) is 9.75. The predicted octanol–water partition coefficient (Wildman–Crippen LogP) is 2.02. The van der Waals surface area contributed by atoms with Crippen molar-refractivity contribution in [2.24, 2.45) is 0 Å². The number of rotatable bonds is 6. The van der Waals surface area contributed by atoms with Crippen LogP contribution < -0.4 is 20.1 Å². The molecule has 0 spiro atoms. The lowest BCUT2D eigenvalue weighted by molar-refractivity contribution is -0.117. The Morgan fingerprint density at radius 3 is 2.57 bits per heavy atom. The summed E-state index contributed by atoms with van der Waals surface area (Å²) in [6.07, 6.45) is 2.80. The minimum atomic E-state index is -0.788. The topological polar surface area (TPSA) is 103 Å². The van der Waals surface area contributed by atoms with E-state index in [1.54, 1.807) is 11.1 Å². The van der Waals surface area contributed by atoms with Crippen LogP contribution in [0.5, 0.6) is 5.75 Å². The van der Waals surface area contributed by atoms with Gasteiger partial charge in [0.2, 0.25) is 11.7 Å². The molecule has 0 saturated carbocycles. The Kier molecular flexibility index (Phi) is 6.37. The summed E-state index contributed by atoms with van der Waals surface area (Å²) in [5.41, 5.74) is 1.51. The molecule has 10 heteroatoms. The number of pyridine rings is 1. The van der Waals surface area contributed by atoms with Gasteiger partial charge in [-0.25, -0.2) is 9.78 Å². The molecule has 0 unspecified atom stereocenters. The number of nitrogens with zero attached hydrogens (tertiary/aromatic N) is 4. The van der Waals surface area contributed by atoms with E-state index in [2.05, 4.69) is 9.88 Å². The van der Waals surface area contributed by atoms with Crippen LogP contribution in [0.15, 0.2) is 47.4 Å². The number of carbonyl (C=O) groups is 2. The Labute approximate surface area is 201 Å². The lowest BCUT2D eigenvalue weighted by Gasteiger charge is -2.30. The molecule has 0 aliphatic carbocycles. The van der Waals surface area contributed by atoms with Crippen LogP contribution in [0.25, 0.3) is 5.65 Å². The van der Waals surface area contributed by atoms with E-state index in [0.717, 1.165) is 11.3 Å². The van der Waals surface area contributed by atoms with Gasteiger partial charge in [0, 0.05) is 32.3 Å². The van der Waals surface area contributed by atoms with Gasteiger partial charge in [0.1, 0.15) is 6.61 Å². The second-order valence-electron chi connectivity index (χ2n) is 8.39. The van der Waals surface area contributed by atoms with E-state index in [-0.39, 0.29) is 29.6 Å². The van der Waals surface area contributed by atoms with E-state index >= 15 is 0 Å². The van der Waals surface area contributed by atoms with Gasteiger partial charge in [-0.05, 0) is 18.1 Å². The maximum absolute atomic E-state index is 13.7. The van der Waals surface area contributed by atoms with Gasteiger partial charge in [0.15, 0.2) is 11.3 Å². The molecule has 35 heavy (non-hydrogen) atoms. The maximum atomic E-state index is 13.7. The molecule has 0 atom stereocenters. The van der Waals surface area contributed by atoms with Crippen molar-refractivity contribution in [3.8, 4) is 5.75 Å². The Morgan fingerprint density at radius 2 is 1.89 bits per heavy atom. The van der Waals surface area contributed by atoms with Gasteiger partial charge in [-0.3, -0.25) is 14.0 Å². The second-order valence-corrected chi connectivity index (χ2v) is 8.39. The highest BCUT2D eigenvalue weighted by Gasteiger charge is 2.29. The fraction of sp³-hybridized carbons (Fsp3) is 0.360. The van der Waals surface area contributed by atoms with E-state index in [1.165, 1.54) is 11.5 Å². The van der Waals surface area contributed by atoms with E-state index in [9.17, 15) is 14.4 Å². The molecule has 1 amide bonds. The molecule has 0 N–H and O–H groups in total. The molecule has 0 radical (unpaired) electrons. The summed E-state index contributed by atoms with van der Waals surface area (Å²) in [7, 11) is 1.22. The summed E-state index contributed by atoms with van der Waals surface area (Å²) in [6.45, 7) is 3.02. The summed E-state index contributed by atoms with van der Waals surface area (Å²) in [4.78, 5) is 47.2. The normalized spacial score (nSPS) is 16.1. The van der Waals surface area contributed by atoms with Crippen LogP contribution in [0.3, 0.4) is 0 Å². The van der Waals surface area contributed by atoms with Crippen LogP contribution in [0.2, 0.25) is 0 Å². The van der Waals surface area contributed by atoms with Gasteiger partial charge in [0.05, 0.1) is 31.7 Å². The van der Waals surface area contributed by atoms with Crippen molar-refractivity contribution in [2.75, 3.05) is 49.8 Å². The number of amides is 1. The number of fused-ring (bicyclic) bond motifs is 1. The van der Waals surface area contributed by atoms with Gasteiger partial charge >= 0.3 is 11.5 Å². The van der Waals surface area contributed by atoms with Crippen molar-refractivity contribution < 1.29 is 23.8 Å². The minimum Gasteiger partial charge on any atom is -0.481 e. The molecule has 4 heterocycles. The number of hydrogen-bond donors (Lipinski definition) is 0. The smallest absolute Gasteiger partial charge is 0.360 e. The number of carbonyl (C=O) groups excluding carboxylic acids is 2. The van der Waals surface area contributed by atoms with Crippen LogP contribution in [-0.2, 0) is 20.9 Å². The van der Waals surface area contributed by atoms with Gasteiger partial charge in [-0.1, -0.05) is 30.3 Å². The van der Waals surface area contributed by atoms with Crippen molar-refractivity contribution in [2.45, 2.75) is 19.4 Å². The van der Waals surface area contributed by atoms with E-state index in [0.29, 0.717) is 51.4 Å². The Bertz CT molecular complexity index is 1320. The molecule has 2 aliphatic rings. The highest BCUT2D eigenvalue weighted by Crippen LogP contribution is 2.31. The van der Waals surface area contributed by atoms with Crippen molar-refractivity contribution in [1.29, 1.82) is 0 Å². The highest BCUT2D eigenvalue weighted by atomic mass is 16.5. The zero-order chi connectivity index (χ0) is 24.4. The average Bonchev–Trinajstić information content (AvgIpc) is 3.33. The molecule has 5 rings (SSSR count). The predicted molar refractivity (Wildman–Crippen MR) is 128 cm³/mol. The first-order valence-corrected chi connectivity index (χ1v) is 11.6. The van der Waals surface area contributed by atoms with Crippen LogP contribution >= 0.6 is 0 Å². The van der Waals surface area contributed by atoms with Crippen molar-refractivity contribution in [1.82, 2.24) is 9.38 Å². The maximum Gasteiger partial charge on any atom is 0.360 e. The third-order valence-corrected chi connectivity index (χ3v) is 6.19. The quantitative estimate of drug-likeness (QED) is 0.496. The number of methoxy groups -OCH3 is 1. The Balaban J connectivity index is 1.69. The van der Waals surface area contributed by atoms with Crippen LogP contribution in [0.1, 0.15) is 28.9 Å². The SMILES string of the molecule is COC(=O)c1nc2c(N3CCCC3=O)cc(N3CCOCC3)cn2c(=O)c1OCc1ccccc1. The third kappa shape index (κ3) is 4.44. The van der Waals surface area contributed by atoms with E-state index in [4.69, 9.17) is 14.2 Å². The summed E-state index contributed by atoms with van der Waals surface area (Å²) >= 11 is 0. The summed E-state index contributed by atoms with van der Waals surface area (Å²) in [5, 5.41) is 0. The Morgan fingerprint density at radius 1 is 1.11 bits per heavy atom. The number of aromatic nitrogens is 2. The minimum absolute atomic E-state index is 0.0516. The molecule has 182 valence electrons. The monoisotopic (exact) mass is 478 g/mol. The fourth-order valence-corrected chi connectivity index (χ4v) is 4.38. The van der Waals surface area contributed by atoms with Crippen LogP contribution in [-0.4, -0.2) is 61.2 Å². The molecule has 1 aromatic carbocycles. The van der Waals surface area contributed by atoms with Gasteiger partial charge in [-0.2, -0.15) is 0 Å². The van der Waals surface area contributed by atoms with Crippen molar-refractivity contribution >= 4 is 28.9 Å². The summed E-state index contributed by atoms with van der Waals surface area (Å²) in [5.74, 6) is -1.04. The molecule has 3 aromatic rings. The molecule has 2 saturated heterocycles. The first-order valence-electron chi connectivity index (χ1n) is 11.6. The molecule has 2 aromatic heterocycles. The first kappa shape index (κ1) is 22.9. The number of ether oxygens (including phenoxy) is 3. The largest absolute Gasteiger partial charge is 0.481 e. The first-order chi connectivity index (χ1) is 17.1. The van der Waals surface area contributed by atoms with E-state index < -0.39 is 11.5 Å². The number of morpholine rings is 1. The molecule has 2 fully saturated rings. The van der Waals surface area contributed by atoms with Crippen LogP contribution in [0, 0.1) is 0 Å². The van der Waals surface area contributed by atoms with Crippen molar-refractivity contribution in [3.63, 3.8) is 0 Å². The number of hydrogen-bond acceptors (Lipinski definition) is 8. The average molecular weight is 479 g/mol. The fourth-order valence-electron chi connectivity index (χ4n) is 4.38. The molecule has 2 aliphatic heterocycles. The zero-order valence-electron chi connectivity index (χ0n) is 19.4. The lowest BCUT2D eigenvalue weighted by Crippen LogP contribution is -2.37. The highest BCUT2D eigenvalue weighted by molar-refractivity contribution is 6.00. The van der Waals surface area contributed by atoms with Crippen molar-refractivity contribution in [3.05, 3.63) is 64.2 Å². The molecule has 0 bridgehead atoms. The van der Waals surface area contributed by atoms with E-state index in [1.807, 2.05) is 36.4 Å². The van der Waals surface area contributed by atoms with Crippen LogP contribution in [0.4, 0.5) is 11.4 Å². The standard InChI is InChI=1S/C25H26N4O6/c1-33-25(32)21-22(35-16-17-6-3-2-4-7-17)24(31)29-15-18(27-10-12-34-13-11-27)14-19(23(29)26-21)28-9-5-8-20(28)30/h2-4,6-7,14-15H,5,8-13,16H2,1H3. The zero-order valence-corrected chi connectivity index (χ0v) is 19.4. The molecular weight excluding hydrogens is 452 g/mol. The number of anilines is 2. The lowest BCUT2D eigenvalue weighted by atomic mass is 10.2. The number of benzene rings is 1. The third-order valence-electron chi connectivity index (χ3n) is 6.19. The van der Waals surface area contributed by atoms with Gasteiger partial charge in [0.25, 0.3) is 0 Å². The van der Waals surface area contributed by atoms with Gasteiger partial charge in [-0.15, -0.1) is 0 Å². The summed E-state index contributed by atoms with van der Waals surface area (Å²) < 4.78 is 17.6. The van der Waals surface area contributed by atoms with Gasteiger partial charge < -0.3 is 24.0 Å². The molecule has 10 nitrogen and oxygen atoms in total.